The summed E-state index contributed by atoms with van der Waals surface area (Å²) in [6.07, 6.45) is 8.30. The maximum atomic E-state index is 7.50. The van der Waals surface area contributed by atoms with Crippen molar-refractivity contribution in [2.75, 3.05) is 13.7 Å². The average molecular weight is 747 g/mol. The first-order valence-corrected chi connectivity index (χ1v) is 18.3. The molecule has 0 fully saturated rings. The van der Waals surface area contributed by atoms with Gasteiger partial charge in [-0.25, -0.2) is 0 Å². The fourth-order valence-corrected chi connectivity index (χ4v) is 5.35. The molecule has 0 saturated carbocycles. The fourth-order valence-electron chi connectivity index (χ4n) is 2.68. The van der Waals surface area contributed by atoms with Crippen LogP contribution in [0.3, 0.4) is 0 Å². The maximum Gasteiger partial charge on any atom is 0 e. The van der Waals surface area contributed by atoms with Crippen LogP contribution in [0.15, 0.2) is 24.0 Å². The Hall–Kier alpha value is -1.79. The Balaban J connectivity index is -0.000000145. The standard InChI is InChI=1S/C26H44O3Si2.6CO.2Co/c1-24(2,3)30(8,9)28-23-17-20-26(21-18-23,29-31(10,11)25(4,5)6)19-15-13-12-14-16-22-27-7;6*1-2;;/h12-13,17H,18,20-22H2,1-11H3;;;;;;;;/b13-12-;;;;;;;;. The van der Waals surface area contributed by atoms with E-state index in [9.17, 15) is 0 Å². The molecule has 0 aliphatic heterocycles. The third kappa shape index (κ3) is 28.2. The summed E-state index contributed by atoms with van der Waals surface area (Å²) in [6.45, 7) is 50.3. The molecule has 1 atom stereocenters. The molecular formula is C32H44Co2O9Si2. The molecule has 0 bridgehead atoms. The van der Waals surface area contributed by atoms with Crippen molar-refractivity contribution in [1.82, 2.24) is 0 Å². The topological polar surface area (TPSA) is 147 Å². The molecule has 1 rings (SSSR count). The molecule has 13 heteroatoms. The van der Waals surface area contributed by atoms with E-state index in [4.69, 9.17) is 41.5 Å². The molecule has 1 aliphatic carbocycles. The van der Waals surface area contributed by atoms with Gasteiger partial charge in [-0.15, -0.1) is 0 Å². The van der Waals surface area contributed by atoms with E-state index in [-0.39, 0.29) is 43.6 Å². The summed E-state index contributed by atoms with van der Waals surface area (Å²) >= 11 is 0. The van der Waals surface area contributed by atoms with Crippen LogP contribution in [0.2, 0.25) is 36.3 Å². The van der Waals surface area contributed by atoms with Gasteiger partial charge in [0.15, 0.2) is 8.32 Å². The van der Waals surface area contributed by atoms with E-state index >= 15 is 0 Å². The van der Waals surface area contributed by atoms with Crippen LogP contribution < -0.4 is 0 Å². The number of methoxy groups -OCH3 is 1. The van der Waals surface area contributed by atoms with E-state index < -0.39 is 22.2 Å². The van der Waals surface area contributed by atoms with Gasteiger partial charge in [0, 0.05) is 53.5 Å². The van der Waals surface area contributed by atoms with Crippen molar-refractivity contribution in [2.45, 2.75) is 103 Å². The van der Waals surface area contributed by atoms with Crippen molar-refractivity contribution in [1.29, 1.82) is 0 Å². The molecule has 1 unspecified atom stereocenters. The van der Waals surface area contributed by atoms with Crippen molar-refractivity contribution in [3.8, 4) is 23.7 Å². The van der Waals surface area contributed by atoms with Crippen molar-refractivity contribution in [3.05, 3.63) is 63.9 Å². The van der Waals surface area contributed by atoms with Crippen molar-refractivity contribution in [2.24, 2.45) is 0 Å². The molecule has 0 aromatic carbocycles. The first kappa shape index (κ1) is 62.1. The smallest absolute Gasteiger partial charge is 0 e. The van der Waals surface area contributed by atoms with E-state index in [1.54, 1.807) is 13.2 Å². The molecule has 1 aliphatic rings. The van der Waals surface area contributed by atoms with Crippen LogP contribution in [0.1, 0.15) is 60.8 Å². The normalized spacial score (nSPS) is 14.3. The molecule has 0 aromatic heterocycles. The van der Waals surface area contributed by atoms with Gasteiger partial charge in [0.1, 0.15) is 12.2 Å². The van der Waals surface area contributed by atoms with Crippen molar-refractivity contribution in [3.63, 3.8) is 0 Å². The van der Waals surface area contributed by atoms with Crippen LogP contribution in [0, 0.1) is 63.6 Å². The van der Waals surface area contributed by atoms with Crippen LogP contribution in [0.4, 0.5) is 0 Å². The molecule has 2 radical (unpaired) electrons. The predicted molar refractivity (Wildman–Crippen MR) is 161 cm³/mol. The molecule has 0 heterocycles. The Morgan fingerprint density at radius 3 is 1.49 bits per heavy atom. The average Bonchev–Trinajstić information content (AvgIpc) is 2.99. The van der Waals surface area contributed by atoms with Gasteiger partial charge in [0.25, 0.3) is 0 Å². The third-order valence-corrected chi connectivity index (χ3v) is 15.7. The van der Waals surface area contributed by atoms with Crippen LogP contribution in [0.25, 0.3) is 0 Å². The van der Waals surface area contributed by atoms with Crippen LogP contribution >= 0.6 is 0 Å². The second-order valence-corrected chi connectivity index (χ2v) is 20.9. The van der Waals surface area contributed by atoms with Gasteiger partial charge in [0.2, 0.25) is 8.32 Å². The summed E-state index contributed by atoms with van der Waals surface area (Å²) in [5.41, 5.74) is -0.465. The second-order valence-electron chi connectivity index (χ2n) is 11.5. The minimum absolute atomic E-state index is 0. The summed E-state index contributed by atoms with van der Waals surface area (Å²) in [5, 5.41) is 0.319. The predicted octanol–water partition coefficient (Wildman–Crippen LogP) is 6.82. The minimum atomic E-state index is -1.98. The zero-order chi connectivity index (χ0) is 36.0. The van der Waals surface area contributed by atoms with E-state index in [0.29, 0.717) is 6.61 Å². The van der Waals surface area contributed by atoms with Gasteiger partial charge in [-0.2, -0.15) is 0 Å². The van der Waals surface area contributed by atoms with Crippen LogP contribution in [-0.2, 0) is 75.1 Å². The summed E-state index contributed by atoms with van der Waals surface area (Å²) in [4.78, 5) is 0. The Bertz CT molecular complexity index is 1020. The van der Waals surface area contributed by atoms with Gasteiger partial charge in [-0.1, -0.05) is 65.2 Å². The zero-order valence-electron chi connectivity index (χ0n) is 27.9. The summed E-state index contributed by atoms with van der Waals surface area (Å²) < 4.78 is 63.4. The summed E-state index contributed by atoms with van der Waals surface area (Å²) in [6, 6.07) is 0. The van der Waals surface area contributed by atoms with Crippen LogP contribution in [-0.4, -0.2) is 36.0 Å². The molecule has 9 nitrogen and oxygen atoms in total. The monoisotopic (exact) mass is 746 g/mol. The van der Waals surface area contributed by atoms with E-state index in [1.165, 1.54) is 0 Å². The summed E-state index contributed by atoms with van der Waals surface area (Å²) in [5.74, 6) is 13.6. The number of rotatable bonds is 5. The molecule has 0 saturated heterocycles. The van der Waals surface area contributed by atoms with Gasteiger partial charge in [0.05, 0.1) is 5.76 Å². The molecular weight excluding hydrogens is 702 g/mol. The van der Waals surface area contributed by atoms with Gasteiger partial charge >= 0.3 is 67.8 Å². The largest absolute Gasteiger partial charge is 0 e. The molecule has 0 amide bonds. The van der Waals surface area contributed by atoms with E-state index in [0.717, 1.165) is 25.0 Å². The zero-order valence-corrected chi connectivity index (χ0v) is 32.0. The SMILES string of the molecule is COCC#C/C=C\C#CC1(O[Si](C)(C)C(C)(C)C)CC=C(O[Si](C)(C)C(C)(C)C)CC1.[C-]#[O+].[C-]#[O+].[C-]#[O+].[C-]#[O+].[C-]#[O+].[C-]#[O+].[Co].[Co]. The molecule has 45 heavy (non-hydrogen) atoms. The van der Waals surface area contributed by atoms with Crippen molar-refractivity contribution < 1.29 is 75.1 Å². The molecule has 0 N–H and O–H groups in total. The van der Waals surface area contributed by atoms with Crippen molar-refractivity contribution >= 4 is 16.6 Å². The number of allylic oxidation sites excluding steroid dienone is 3. The number of ether oxygens (including phenoxy) is 1. The van der Waals surface area contributed by atoms with E-state index in [1.807, 2.05) is 6.08 Å². The number of hydrogen-bond donors (Lipinski definition) is 0. The third-order valence-electron chi connectivity index (χ3n) is 6.75. The number of hydrogen-bond acceptors (Lipinski definition) is 3. The van der Waals surface area contributed by atoms with Gasteiger partial charge in [-0.05, 0) is 60.9 Å². The Labute approximate surface area is 294 Å². The van der Waals surface area contributed by atoms with Gasteiger partial charge in [-0.3, -0.25) is 0 Å². The summed E-state index contributed by atoms with van der Waals surface area (Å²) in [7, 11) is -2.18. The van der Waals surface area contributed by atoms with Crippen LogP contribution in [0.5, 0.6) is 0 Å². The quantitative estimate of drug-likeness (QED) is 0.132. The molecule has 0 spiro atoms. The van der Waals surface area contributed by atoms with Gasteiger partial charge < -0.3 is 13.6 Å². The first-order chi connectivity index (χ1) is 20.1. The minimum Gasteiger partial charge on any atom is 0 e. The fraction of sp³-hybridized carbons (Fsp3) is 0.562. The maximum absolute atomic E-state index is 7.50. The Morgan fingerprint density at radius 2 is 1.16 bits per heavy atom. The second kappa shape index (κ2) is 35.1. The van der Waals surface area contributed by atoms with E-state index in [2.05, 4.69) is 137 Å². The molecule has 0 aromatic rings. The Kier molecular flexibility index (Phi) is 48.4. The molecule has 252 valence electrons. The first-order valence-electron chi connectivity index (χ1n) is 12.5. The Morgan fingerprint density at radius 1 is 0.756 bits per heavy atom.